The summed E-state index contributed by atoms with van der Waals surface area (Å²) in [4.78, 5) is 0. The average Bonchev–Trinajstić information content (AvgIpc) is 2.46. The Kier molecular flexibility index (Phi) is 7.70. The first-order valence-electron chi connectivity index (χ1n) is 9.21. The molecule has 0 bridgehead atoms. The van der Waals surface area contributed by atoms with E-state index in [4.69, 9.17) is 4.74 Å². The number of unbranched alkanes of at least 4 members (excludes halogenated alkanes) is 1. The van der Waals surface area contributed by atoms with Crippen molar-refractivity contribution in [3.05, 3.63) is 0 Å². The quantitative estimate of drug-likeness (QED) is 0.623. The van der Waals surface area contributed by atoms with E-state index in [0.717, 1.165) is 32.1 Å². The third-order valence-corrected chi connectivity index (χ3v) is 5.59. The lowest BCUT2D eigenvalue weighted by Crippen LogP contribution is -2.49. The maximum absolute atomic E-state index is 10.9. The van der Waals surface area contributed by atoms with Crippen molar-refractivity contribution in [3.8, 4) is 0 Å². The number of rotatable bonds is 9. The van der Waals surface area contributed by atoms with E-state index in [9.17, 15) is 5.11 Å². The van der Waals surface area contributed by atoms with E-state index in [1.54, 1.807) is 0 Å². The second-order valence-electron chi connectivity index (χ2n) is 7.83. The zero-order valence-electron chi connectivity index (χ0n) is 15.1. The highest BCUT2D eigenvalue weighted by Gasteiger charge is 2.44. The van der Waals surface area contributed by atoms with Crippen LogP contribution < -0.4 is 0 Å². The minimum atomic E-state index is -0.296. The van der Waals surface area contributed by atoms with Crippen LogP contribution in [0.5, 0.6) is 0 Å². The van der Waals surface area contributed by atoms with Crippen LogP contribution in [0.4, 0.5) is 0 Å². The molecule has 1 N–H and O–H groups in total. The number of aliphatic hydroxyl groups excluding tert-OH is 1. The van der Waals surface area contributed by atoms with Crippen LogP contribution in [0.3, 0.4) is 0 Å². The Morgan fingerprint density at radius 1 is 1.05 bits per heavy atom. The van der Waals surface area contributed by atoms with Gasteiger partial charge in [-0.25, -0.2) is 0 Å². The first kappa shape index (κ1) is 19.0. The molecule has 0 saturated heterocycles. The van der Waals surface area contributed by atoms with Crippen LogP contribution in [0.1, 0.15) is 92.4 Å². The maximum atomic E-state index is 10.9. The highest BCUT2D eigenvalue weighted by molar-refractivity contribution is 4.96. The molecule has 2 unspecified atom stereocenters. The smallest absolute Gasteiger partial charge is 0.0940 e. The summed E-state index contributed by atoms with van der Waals surface area (Å²) in [5, 5.41) is 10.9. The van der Waals surface area contributed by atoms with Gasteiger partial charge >= 0.3 is 0 Å². The van der Waals surface area contributed by atoms with Crippen molar-refractivity contribution in [3.63, 3.8) is 0 Å². The van der Waals surface area contributed by atoms with Crippen LogP contribution in [0.15, 0.2) is 0 Å². The Labute approximate surface area is 132 Å². The molecule has 2 nitrogen and oxygen atoms in total. The molecule has 0 aromatic carbocycles. The van der Waals surface area contributed by atoms with Crippen molar-refractivity contribution >= 4 is 0 Å². The molecule has 1 saturated carbocycles. The summed E-state index contributed by atoms with van der Waals surface area (Å²) in [7, 11) is 0. The van der Waals surface area contributed by atoms with E-state index in [-0.39, 0.29) is 11.7 Å². The van der Waals surface area contributed by atoms with E-state index >= 15 is 0 Å². The van der Waals surface area contributed by atoms with Gasteiger partial charge in [-0.05, 0) is 50.4 Å². The van der Waals surface area contributed by atoms with Gasteiger partial charge in [-0.3, -0.25) is 0 Å². The van der Waals surface area contributed by atoms with Crippen LogP contribution in [0, 0.1) is 11.3 Å². The number of ether oxygens (including phenoxy) is 1. The van der Waals surface area contributed by atoms with E-state index in [1.807, 2.05) is 0 Å². The van der Waals surface area contributed by atoms with Crippen molar-refractivity contribution in [2.45, 2.75) is 104 Å². The molecular weight excluding hydrogens is 260 g/mol. The molecule has 2 heteroatoms. The van der Waals surface area contributed by atoms with Gasteiger partial charge in [0.05, 0.1) is 11.7 Å². The molecule has 1 fully saturated rings. The molecule has 0 spiro atoms. The lowest BCUT2D eigenvalue weighted by atomic mass is 9.68. The first-order chi connectivity index (χ1) is 9.89. The molecular formula is C19H38O2. The largest absolute Gasteiger partial charge is 0.390 e. The predicted molar refractivity (Wildman–Crippen MR) is 90.5 cm³/mol. The molecule has 0 amide bonds. The third-order valence-electron chi connectivity index (χ3n) is 5.59. The SMILES string of the molecule is CCCCC(CC)CC(O)C1(OCC)CCC(C)(C)CC1. The number of hydrogen-bond donors (Lipinski definition) is 1. The minimum absolute atomic E-state index is 0.274. The average molecular weight is 299 g/mol. The van der Waals surface area contributed by atoms with Crippen LogP contribution in [0.2, 0.25) is 0 Å². The predicted octanol–water partition coefficient (Wildman–Crippen LogP) is 5.33. The van der Waals surface area contributed by atoms with Gasteiger partial charge in [-0.2, -0.15) is 0 Å². The normalized spacial score (nSPS) is 23.7. The first-order valence-corrected chi connectivity index (χ1v) is 9.21. The minimum Gasteiger partial charge on any atom is -0.390 e. The Hall–Kier alpha value is -0.0800. The Balaban J connectivity index is 2.66. The standard InChI is InChI=1S/C19H38O2/c1-6-9-10-16(7-2)15-17(20)19(21-8-3)13-11-18(4,5)12-14-19/h16-17,20H,6-15H2,1-5H3. The zero-order chi connectivity index (χ0) is 15.9. The Morgan fingerprint density at radius 3 is 2.14 bits per heavy atom. The van der Waals surface area contributed by atoms with E-state index in [2.05, 4.69) is 34.6 Å². The summed E-state index contributed by atoms with van der Waals surface area (Å²) in [5.74, 6) is 0.646. The lowest BCUT2D eigenvalue weighted by molar-refractivity contribution is -0.156. The van der Waals surface area contributed by atoms with Gasteiger partial charge in [-0.15, -0.1) is 0 Å². The van der Waals surface area contributed by atoms with Crippen molar-refractivity contribution in [1.82, 2.24) is 0 Å². The summed E-state index contributed by atoms with van der Waals surface area (Å²) in [6.45, 7) is 11.9. The highest BCUT2D eigenvalue weighted by atomic mass is 16.5. The molecule has 0 aromatic rings. The number of aliphatic hydroxyl groups is 1. The molecule has 126 valence electrons. The van der Waals surface area contributed by atoms with Crippen LogP contribution in [-0.4, -0.2) is 23.4 Å². The van der Waals surface area contributed by atoms with Crippen LogP contribution in [0.25, 0.3) is 0 Å². The summed E-state index contributed by atoms with van der Waals surface area (Å²) in [6.07, 6.45) is 9.91. The molecule has 1 aliphatic rings. The summed E-state index contributed by atoms with van der Waals surface area (Å²) in [5.41, 5.74) is 0.136. The Bertz CT molecular complexity index is 275. The van der Waals surface area contributed by atoms with Gasteiger partial charge in [0.1, 0.15) is 0 Å². The summed E-state index contributed by atoms with van der Waals surface area (Å²) >= 11 is 0. The van der Waals surface area contributed by atoms with Gasteiger partial charge < -0.3 is 9.84 Å². The molecule has 2 atom stereocenters. The van der Waals surface area contributed by atoms with E-state index in [1.165, 1.54) is 25.7 Å². The second-order valence-corrected chi connectivity index (χ2v) is 7.83. The molecule has 1 aliphatic carbocycles. The zero-order valence-corrected chi connectivity index (χ0v) is 15.1. The fraction of sp³-hybridized carbons (Fsp3) is 1.00. The second kappa shape index (κ2) is 8.53. The maximum Gasteiger partial charge on any atom is 0.0940 e. The summed E-state index contributed by atoms with van der Waals surface area (Å²) in [6, 6.07) is 0. The molecule has 0 aliphatic heterocycles. The monoisotopic (exact) mass is 298 g/mol. The van der Waals surface area contributed by atoms with Crippen LogP contribution >= 0.6 is 0 Å². The fourth-order valence-corrected chi connectivity index (χ4v) is 3.72. The van der Waals surface area contributed by atoms with Crippen molar-refractivity contribution in [1.29, 1.82) is 0 Å². The highest BCUT2D eigenvalue weighted by Crippen LogP contribution is 2.45. The van der Waals surface area contributed by atoms with Gasteiger partial charge in [0, 0.05) is 6.61 Å². The number of hydrogen-bond acceptors (Lipinski definition) is 2. The summed E-state index contributed by atoms with van der Waals surface area (Å²) < 4.78 is 6.13. The molecule has 1 rings (SSSR count). The van der Waals surface area contributed by atoms with Gasteiger partial charge in [-0.1, -0.05) is 53.4 Å². The fourth-order valence-electron chi connectivity index (χ4n) is 3.72. The van der Waals surface area contributed by atoms with Gasteiger partial charge in [0.15, 0.2) is 0 Å². The van der Waals surface area contributed by atoms with Gasteiger partial charge in [0.25, 0.3) is 0 Å². The molecule has 0 radical (unpaired) electrons. The lowest BCUT2D eigenvalue weighted by Gasteiger charge is -2.46. The van der Waals surface area contributed by atoms with Crippen molar-refractivity contribution in [2.24, 2.45) is 11.3 Å². The molecule has 21 heavy (non-hydrogen) atoms. The van der Waals surface area contributed by atoms with E-state index in [0.29, 0.717) is 17.9 Å². The van der Waals surface area contributed by atoms with Gasteiger partial charge in [0.2, 0.25) is 0 Å². The Morgan fingerprint density at radius 2 is 1.67 bits per heavy atom. The van der Waals surface area contributed by atoms with Crippen molar-refractivity contribution in [2.75, 3.05) is 6.61 Å². The van der Waals surface area contributed by atoms with Crippen LogP contribution in [-0.2, 0) is 4.74 Å². The molecule has 0 heterocycles. The third kappa shape index (κ3) is 5.56. The van der Waals surface area contributed by atoms with E-state index < -0.39 is 0 Å². The topological polar surface area (TPSA) is 29.5 Å². The molecule has 0 aromatic heterocycles. The van der Waals surface area contributed by atoms with Crippen molar-refractivity contribution < 1.29 is 9.84 Å².